The zero-order valence-electron chi connectivity index (χ0n) is 5.54. The van der Waals surface area contributed by atoms with Crippen LogP contribution in [0.2, 0.25) is 0 Å². The number of hydrogen-bond acceptors (Lipinski definition) is 3. The lowest BCUT2D eigenvalue weighted by Crippen LogP contribution is -1.86. The van der Waals surface area contributed by atoms with Crippen molar-refractivity contribution in [3.63, 3.8) is 0 Å². The molecule has 0 atom stereocenters. The van der Waals surface area contributed by atoms with E-state index < -0.39 is 0 Å². The first-order valence-electron chi connectivity index (χ1n) is 3.05. The molecule has 0 amide bonds. The van der Waals surface area contributed by atoms with Crippen molar-refractivity contribution in [1.82, 2.24) is 4.98 Å². The lowest BCUT2D eigenvalue weighted by Gasteiger charge is -1.89. The molecule has 0 spiro atoms. The molecule has 0 aliphatic carbocycles. The van der Waals surface area contributed by atoms with Gasteiger partial charge in [-0.25, -0.2) is 4.98 Å². The normalized spacial score (nSPS) is 10.6. The van der Waals surface area contributed by atoms with Gasteiger partial charge < -0.3 is 10.2 Å². The van der Waals surface area contributed by atoms with Gasteiger partial charge in [-0.3, -0.25) is 0 Å². The van der Waals surface area contributed by atoms with Gasteiger partial charge in [-0.1, -0.05) is 0 Å². The summed E-state index contributed by atoms with van der Waals surface area (Å²) in [5.74, 6) is 0.472. The summed E-state index contributed by atoms with van der Waals surface area (Å²) in [5, 5.41) is 0.944. The average Bonchev–Trinajstić information content (AvgIpc) is 2.32. The number of rotatable bonds is 0. The van der Waals surface area contributed by atoms with E-state index in [-0.39, 0.29) is 0 Å². The summed E-state index contributed by atoms with van der Waals surface area (Å²) < 4.78 is 6.07. The number of nitrogens with zero attached hydrogens (tertiary/aromatic N) is 1. The Morgan fingerprint density at radius 1 is 1.55 bits per heavy atom. The topological polar surface area (TPSA) is 52.0 Å². The fourth-order valence-electron chi connectivity index (χ4n) is 0.908. The Bertz CT molecular complexity index is 396. The van der Waals surface area contributed by atoms with Crippen LogP contribution in [0.3, 0.4) is 0 Å². The molecule has 0 fully saturated rings. The number of anilines is 1. The van der Waals surface area contributed by atoms with E-state index >= 15 is 0 Å². The summed E-state index contributed by atoms with van der Waals surface area (Å²) in [6.07, 6.45) is 3.30. The Labute approximate surface area is 71.3 Å². The maximum absolute atomic E-state index is 5.45. The van der Waals surface area contributed by atoms with Crippen LogP contribution in [-0.2, 0) is 0 Å². The molecular formula is C7H5BrN2O. The quantitative estimate of drug-likeness (QED) is 0.729. The van der Waals surface area contributed by atoms with E-state index in [0.717, 1.165) is 15.4 Å². The number of pyridine rings is 1. The lowest BCUT2D eigenvalue weighted by molar-refractivity contribution is 0.614. The van der Waals surface area contributed by atoms with Crippen molar-refractivity contribution in [2.45, 2.75) is 0 Å². The van der Waals surface area contributed by atoms with Crippen LogP contribution in [0.5, 0.6) is 0 Å². The molecule has 0 aliphatic rings. The van der Waals surface area contributed by atoms with Crippen LogP contribution in [0.1, 0.15) is 0 Å². The highest BCUT2D eigenvalue weighted by atomic mass is 79.9. The van der Waals surface area contributed by atoms with Crippen LogP contribution in [0.15, 0.2) is 27.4 Å². The van der Waals surface area contributed by atoms with Gasteiger partial charge in [-0.15, -0.1) is 0 Å². The van der Waals surface area contributed by atoms with Gasteiger partial charge in [0.1, 0.15) is 17.7 Å². The molecule has 11 heavy (non-hydrogen) atoms. The smallest absolute Gasteiger partial charge is 0.140 e. The third-order valence-corrected chi connectivity index (χ3v) is 2.05. The first kappa shape index (κ1) is 6.67. The second kappa shape index (κ2) is 2.23. The fourth-order valence-corrected chi connectivity index (χ4v) is 1.30. The second-order valence-electron chi connectivity index (χ2n) is 2.19. The van der Waals surface area contributed by atoms with Crippen molar-refractivity contribution in [3.05, 3.63) is 23.0 Å². The molecule has 0 unspecified atom stereocenters. The van der Waals surface area contributed by atoms with Gasteiger partial charge in [-0.05, 0) is 15.9 Å². The number of fused-ring (bicyclic) bond motifs is 1. The van der Waals surface area contributed by atoms with Crippen LogP contribution < -0.4 is 5.73 Å². The molecule has 0 radical (unpaired) electrons. The maximum atomic E-state index is 5.45. The number of halogens is 1. The van der Waals surface area contributed by atoms with Crippen LogP contribution in [0.25, 0.3) is 11.0 Å². The zero-order chi connectivity index (χ0) is 7.84. The SMILES string of the molecule is Nc1cc2occ(Br)c2cn1. The van der Waals surface area contributed by atoms with Gasteiger partial charge in [0.2, 0.25) is 0 Å². The van der Waals surface area contributed by atoms with Crippen molar-refractivity contribution in [2.24, 2.45) is 0 Å². The van der Waals surface area contributed by atoms with Gasteiger partial charge in [0.05, 0.1) is 9.86 Å². The average molecular weight is 213 g/mol. The summed E-state index contributed by atoms with van der Waals surface area (Å²) in [6, 6.07) is 1.69. The molecule has 2 heterocycles. The van der Waals surface area contributed by atoms with Gasteiger partial charge in [-0.2, -0.15) is 0 Å². The van der Waals surface area contributed by atoms with E-state index in [1.807, 2.05) is 0 Å². The molecule has 2 N–H and O–H groups in total. The van der Waals surface area contributed by atoms with Gasteiger partial charge in [0.15, 0.2) is 0 Å². The minimum atomic E-state index is 0.472. The zero-order valence-corrected chi connectivity index (χ0v) is 7.13. The third-order valence-electron chi connectivity index (χ3n) is 1.43. The largest absolute Gasteiger partial charge is 0.463 e. The van der Waals surface area contributed by atoms with E-state index in [2.05, 4.69) is 20.9 Å². The van der Waals surface area contributed by atoms with Crippen LogP contribution >= 0.6 is 15.9 Å². The monoisotopic (exact) mass is 212 g/mol. The van der Waals surface area contributed by atoms with E-state index in [9.17, 15) is 0 Å². The molecule has 0 saturated heterocycles. The van der Waals surface area contributed by atoms with Crippen molar-refractivity contribution >= 4 is 32.7 Å². The first-order valence-corrected chi connectivity index (χ1v) is 3.85. The fraction of sp³-hybridized carbons (Fsp3) is 0. The number of nitrogen functional groups attached to an aromatic ring is 1. The summed E-state index contributed by atoms with van der Waals surface area (Å²) in [7, 11) is 0. The molecule has 0 bridgehead atoms. The Morgan fingerprint density at radius 3 is 3.18 bits per heavy atom. The minimum absolute atomic E-state index is 0.472. The van der Waals surface area contributed by atoms with E-state index in [4.69, 9.17) is 10.2 Å². The van der Waals surface area contributed by atoms with Crippen molar-refractivity contribution in [3.8, 4) is 0 Å². The van der Waals surface area contributed by atoms with Crippen molar-refractivity contribution < 1.29 is 4.42 Å². The number of hydrogen-bond donors (Lipinski definition) is 1. The van der Waals surface area contributed by atoms with Gasteiger partial charge >= 0.3 is 0 Å². The minimum Gasteiger partial charge on any atom is -0.463 e. The van der Waals surface area contributed by atoms with Crippen molar-refractivity contribution in [2.75, 3.05) is 5.73 Å². The summed E-state index contributed by atoms with van der Waals surface area (Å²) in [5.41, 5.74) is 6.20. The van der Waals surface area contributed by atoms with Crippen LogP contribution in [0, 0.1) is 0 Å². The molecule has 2 aromatic rings. The molecule has 0 aliphatic heterocycles. The first-order chi connectivity index (χ1) is 5.27. The number of aromatic nitrogens is 1. The Morgan fingerprint density at radius 2 is 2.36 bits per heavy atom. The molecule has 3 nitrogen and oxygen atoms in total. The lowest BCUT2D eigenvalue weighted by atomic mass is 10.3. The van der Waals surface area contributed by atoms with E-state index in [0.29, 0.717) is 5.82 Å². The van der Waals surface area contributed by atoms with E-state index in [1.54, 1.807) is 18.5 Å². The Kier molecular flexibility index (Phi) is 1.35. The highest BCUT2D eigenvalue weighted by molar-refractivity contribution is 9.10. The number of furan rings is 1. The Hall–Kier alpha value is -1.03. The molecule has 2 aromatic heterocycles. The van der Waals surface area contributed by atoms with E-state index in [1.165, 1.54) is 0 Å². The predicted octanol–water partition coefficient (Wildman–Crippen LogP) is 2.17. The second-order valence-corrected chi connectivity index (χ2v) is 3.04. The Balaban J connectivity index is 2.86. The third kappa shape index (κ3) is 0.991. The highest BCUT2D eigenvalue weighted by Gasteiger charge is 2.02. The molecule has 2 rings (SSSR count). The summed E-state index contributed by atoms with van der Waals surface area (Å²) >= 11 is 3.32. The van der Waals surface area contributed by atoms with Gasteiger partial charge in [0, 0.05) is 12.3 Å². The highest BCUT2D eigenvalue weighted by Crippen LogP contribution is 2.25. The molecule has 4 heteroatoms. The van der Waals surface area contributed by atoms with Crippen LogP contribution in [-0.4, -0.2) is 4.98 Å². The molecule has 0 aromatic carbocycles. The predicted molar refractivity (Wildman–Crippen MR) is 46.1 cm³/mol. The summed E-state index contributed by atoms with van der Waals surface area (Å²) in [4.78, 5) is 3.93. The molecule has 56 valence electrons. The molecule has 0 saturated carbocycles. The standard InChI is InChI=1S/C7H5BrN2O/c8-5-3-11-6-1-7(9)10-2-4(5)6/h1-3H,(H2,9,10). The maximum Gasteiger partial charge on any atom is 0.140 e. The summed E-state index contributed by atoms with van der Waals surface area (Å²) in [6.45, 7) is 0. The molecular weight excluding hydrogens is 208 g/mol. The number of nitrogens with two attached hydrogens (primary N) is 1. The van der Waals surface area contributed by atoms with Gasteiger partial charge in [0.25, 0.3) is 0 Å². The van der Waals surface area contributed by atoms with Crippen LogP contribution in [0.4, 0.5) is 5.82 Å². The van der Waals surface area contributed by atoms with Crippen molar-refractivity contribution in [1.29, 1.82) is 0 Å².